The number of rotatable bonds is 6. The third-order valence-corrected chi connectivity index (χ3v) is 7.93. The Hall–Kier alpha value is -4.72. The second-order valence-electron chi connectivity index (χ2n) is 9.88. The monoisotopic (exact) mass is 522 g/mol. The maximum Gasteiger partial charge on any atom is 0.240 e. The lowest BCUT2D eigenvalue weighted by molar-refractivity contribution is -0.123. The maximum atomic E-state index is 14.3. The summed E-state index contributed by atoms with van der Waals surface area (Å²) in [6, 6.07) is 17.6. The van der Waals surface area contributed by atoms with E-state index in [-0.39, 0.29) is 23.0 Å². The molecule has 2 saturated heterocycles. The molecule has 4 atom stereocenters. The number of nitrogens with zero attached hydrogens (tertiary/aromatic N) is 2. The van der Waals surface area contributed by atoms with Crippen molar-refractivity contribution in [2.24, 2.45) is 11.8 Å². The lowest BCUT2D eigenvalue weighted by Crippen LogP contribution is -2.44. The summed E-state index contributed by atoms with van der Waals surface area (Å²) in [5, 5.41) is 0. The highest BCUT2D eigenvalue weighted by Gasteiger charge is 2.64. The number of hydrogen-bond donors (Lipinski definition) is 0. The minimum Gasteiger partial charge on any atom is -0.497 e. The highest BCUT2D eigenvalue weighted by atomic mass is 16.5. The standard InChI is InChI=1S/C31H26N2O6/c1-17(34)18-8-10-20(11-9-18)33-30(36)25-26(31(33)37)28(29(35)23-16-21(38-2)12-13-24(23)39-3)32-15-14-19-6-4-5-7-22(19)27(25)32/h4-16,25-28H,1-3H3/t25-,26+,27-,28-/m0/s1. The van der Waals surface area contributed by atoms with Gasteiger partial charge in [-0.25, -0.2) is 4.90 Å². The van der Waals surface area contributed by atoms with Crippen LogP contribution in [0, 0.1) is 11.8 Å². The first-order chi connectivity index (χ1) is 18.8. The van der Waals surface area contributed by atoms with Crippen molar-refractivity contribution in [2.45, 2.75) is 19.0 Å². The first-order valence-electron chi connectivity index (χ1n) is 12.7. The number of ketones is 2. The van der Waals surface area contributed by atoms with Crippen LogP contribution in [0.25, 0.3) is 6.08 Å². The van der Waals surface area contributed by atoms with Crippen molar-refractivity contribution >= 4 is 35.1 Å². The van der Waals surface area contributed by atoms with Gasteiger partial charge in [-0.3, -0.25) is 19.2 Å². The minimum atomic E-state index is -0.941. The van der Waals surface area contributed by atoms with Crippen molar-refractivity contribution in [3.63, 3.8) is 0 Å². The molecule has 8 nitrogen and oxygen atoms in total. The van der Waals surface area contributed by atoms with Gasteiger partial charge in [-0.15, -0.1) is 0 Å². The number of amides is 2. The number of benzene rings is 3. The summed E-state index contributed by atoms with van der Waals surface area (Å²) in [4.78, 5) is 57.2. The van der Waals surface area contributed by atoms with E-state index >= 15 is 0 Å². The van der Waals surface area contributed by atoms with Gasteiger partial charge in [0.25, 0.3) is 0 Å². The van der Waals surface area contributed by atoms with Crippen LogP contribution in [0.15, 0.2) is 72.9 Å². The number of fused-ring (bicyclic) bond motifs is 5. The van der Waals surface area contributed by atoms with Gasteiger partial charge >= 0.3 is 0 Å². The second-order valence-corrected chi connectivity index (χ2v) is 9.88. The number of carbonyl (C=O) groups excluding carboxylic acids is 4. The summed E-state index contributed by atoms with van der Waals surface area (Å²) < 4.78 is 10.9. The maximum absolute atomic E-state index is 14.3. The molecule has 3 heterocycles. The number of Topliss-reactive ketones (excluding diaryl/α,β-unsaturated/α-hetero) is 2. The smallest absolute Gasteiger partial charge is 0.240 e. The molecule has 0 spiro atoms. The van der Waals surface area contributed by atoms with Gasteiger partial charge in [0, 0.05) is 11.8 Å². The Labute approximate surface area is 225 Å². The van der Waals surface area contributed by atoms with Gasteiger partial charge < -0.3 is 14.4 Å². The second kappa shape index (κ2) is 9.23. The Balaban J connectivity index is 1.49. The first kappa shape index (κ1) is 24.6. The van der Waals surface area contributed by atoms with Gasteiger partial charge in [0.15, 0.2) is 11.6 Å². The molecule has 196 valence electrons. The Kier molecular flexibility index (Phi) is 5.83. The lowest BCUT2D eigenvalue weighted by atomic mass is 9.83. The SMILES string of the molecule is COc1ccc(OC)c(C(=O)[C@@H]2[C@@H]3C(=O)N(c4ccc(C(C)=O)cc4)C(=O)[C@@H]3[C@@H]3c4ccccc4C=CN23)c1. The number of imide groups is 1. The normalized spacial score (nSPS) is 22.8. The summed E-state index contributed by atoms with van der Waals surface area (Å²) >= 11 is 0. The van der Waals surface area contributed by atoms with Gasteiger partial charge in [-0.2, -0.15) is 0 Å². The third-order valence-electron chi connectivity index (χ3n) is 7.93. The molecule has 3 aromatic rings. The number of anilines is 1. The van der Waals surface area contributed by atoms with E-state index in [4.69, 9.17) is 9.47 Å². The van der Waals surface area contributed by atoms with Crippen LogP contribution in [0.5, 0.6) is 11.5 Å². The highest BCUT2D eigenvalue weighted by Crippen LogP contribution is 2.54. The van der Waals surface area contributed by atoms with Crippen molar-refractivity contribution in [1.82, 2.24) is 4.90 Å². The van der Waals surface area contributed by atoms with E-state index in [2.05, 4.69) is 0 Å². The van der Waals surface area contributed by atoms with Crippen molar-refractivity contribution in [3.8, 4) is 11.5 Å². The van der Waals surface area contributed by atoms with Crippen LogP contribution >= 0.6 is 0 Å². The van der Waals surface area contributed by atoms with Crippen molar-refractivity contribution in [2.75, 3.05) is 19.1 Å². The molecule has 0 aromatic heterocycles. The number of ether oxygens (including phenoxy) is 2. The summed E-state index contributed by atoms with van der Waals surface area (Å²) in [5.74, 6) is -2.12. The van der Waals surface area contributed by atoms with Crippen LogP contribution in [-0.2, 0) is 9.59 Å². The van der Waals surface area contributed by atoms with Gasteiger partial charge in [-0.05, 0) is 66.6 Å². The molecule has 0 N–H and O–H groups in total. The highest BCUT2D eigenvalue weighted by molar-refractivity contribution is 6.25. The van der Waals surface area contributed by atoms with Gasteiger partial charge in [-0.1, -0.05) is 24.3 Å². The van der Waals surface area contributed by atoms with Crippen LogP contribution < -0.4 is 14.4 Å². The zero-order valence-corrected chi connectivity index (χ0v) is 21.7. The Morgan fingerprint density at radius 2 is 1.56 bits per heavy atom. The van der Waals surface area contributed by atoms with E-state index in [0.29, 0.717) is 22.7 Å². The molecule has 0 unspecified atom stereocenters. The molecular formula is C31H26N2O6. The van der Waals surface area contributed by atoms with E-state index in [0.717, 1.165) is 11.1 Å². The van der Waals surface area contributed by atoms with Crippen LogP contribution in [0.1, 0.15) is 44.8 Å². The predicted molar refractivity (Wildman–Crippen MR) is 144 cm³/mol. The molecule has 6 rings (SSSR count). The number of carbonyl (C=O) groups is 4. The molecule has 3 aliphatic heterocycles. The van der Waals surface area contributed by atoms with Crippen molar-refractivity contribution in [3.05, 3.63) is 95.2 Å². The Morgan fingerprint density at radius 3 is 2.26 bits per heavy atom. The Morgan fingerprint density at radius 1 is 0.846 bits per heavy atom. The first-order valence-corrected chi connectivity index (χ1v) is 12.7. The molecule has 39 heavy (non-hydrogen) atoms. The zero-order chi connectivity index (χ0) is 27.4. The summed E-state index contributed by atoms with van der Waals surface area (Å²) in [6.45, 7) is 1.46. The van der Waals surface area contributed by atoms with E-state index < -0.39 is 29.8 Å². The quantitative estimate of drug-likeness (QED) is 0.352. The number of methoxy groups -OCH3 is 2. The summed E-state index contributed by atoms with van der Waals surface area (Å²) in [7, 11) is 2.99. The fraction of sp³-hybridized carbons (Fsp3) is 0.226. The molecule has 0 aliphatic carbocycles. The van der Waals surface area contributed by atoms with Gasteiger partial charge in [0.1, 0.15) is 17.5 Å². The number of hydrogen-bond acceptors (Lipinski definition) is 7. The summed E-state index contributed by atoms with van der Waals surface area (Å²) in [5.41, 5.74) is 2.96. The zero-order valence-electron chi connectivity index (χ0n) is 21.7. The third kappa shape index (κ3) is 3.66. The fourth-order valence-electron chi connectivity index (χ4n) is 6.12. The average Bonchev–Trinajstić information content (AvgIpc) is 3.44. The van der Waals surface area contributed by atoms with E-state index in [9.17, 15) is 19.2 Å². The largest absolute Gasteiger partial charge is 0.497 e. The molecule has 8 heteroatoms. The lowest BCUT2D eigenvalue weighted by Gasteiger charge is -2.35. The molecule has 0 bridgehead atoms. The molecule has 0 radical (unpaired) electrons. The molecule has 2 fully saturated rings. The van der Waals surface area contributed by atoms with E-state index in [1.54, 1.807) is 42.5 Å². The van der Waals surface area contributed by atoms with Crippen molar-refractivity contribution < 1.29 is 28.7 Å². The fourth-order valence-corrected chi connectivity index (χ4v) is 6.12. The van der Waals surface area contributed by atoms with Crippen molar-refractivity contribution in [1.29, 1.82) is 0 Å². The molecule has 3 aliphatic rings. The van der Waals surface area contributed by atoms with Crippen LogP contribution in [0.4, 0.5) is 5.69 Å². The van der Waals surface area contributed by atoms with Crippen LogP contribution in [-0.4, -0.2) is 48.5 Å². The van der Waals surface area contributed by atoms with E-state index in [1.807, 2.05) is 41.4 Å². The van der Waals surface area contributed by atoms with Crippen LogP contribution in [0.2, 0.25) is 0 Å². The van der Waals surface area contributed by atoms with Gasteiger partial charge in [0.2, 0.25) is 11.8 Å². The molecule has 3 aromatic carbocycles. The summed E-state index contributed by atoms with van der Waals surface area (Å²) in [6.07, 6.45) is 3.72. The Bertz CT molecular complexity index is 1560. The van der Waals surface area contributed by atoms with E-state index in [1.165, 1.54) is 26.0 Å². The van der Waals surface area contributed by atoms with Gasteiger partial charge in [0.05, 0.1) is 43.3 Å². The van der Waals surface area contributed by atoms with Crippen LogP contribution in [0.3, 0.4) is 0 Å². The average molecular weight is 523 g/mol. The molecule has 0 saturated carbocycles. The molecular weight excluding hydrogens is 496 g/mol. The minimum absolute atomic E-state index is 0.114. The predicted octanol–water partition coefficient (Wildman–Crippen LogP) is 4.30. The molecule has 2 amide bonds. The topological polar surface area (TPSA) is 93.2 Å².